The molecule has 0 aromatic heterocycles. The lowest BCUT2D eigenvalue weighted by Crippen LogP contribution is -2.13. The average molecular weight is 290 g/mol. The van der Waals surface area contributed by atoms with Crippen molar-refractivity contribution in [1.29, 1.82) is 0 Å². The second-order valence-electron chi connectivity index (χ2n) is 5.32. The van der Waals surface area contributed by atoms with Crippen molar-refractivity contribution in [2.75, 3.05) is 0 Å². The first-order chi connectivity index (χ1) is 9.82. The summed E-state index contributed by atoms with van der Waals surface area (Å²) in [5.74, 6) is -1.21. The minimum absolute atomic E-state index is 0.0613. The van der Waals surface area contributed by atoms with Crippen molar-refractivity contribution in [3.05, 3.63) is 46.6 Å². The number of aromatic hydroxyl groups is 2. The van der Waals surface area contributed by atoms with Crippen molar-refractivity contribution in [3.63, 3.8) is 0 Å². The molecule has 1 aliphatic carbocycles. The zero-order valence-corrected chi connectivity index (χ0v) is 11.9. The van der Waals surface area contributed by atoms with Gasteiger partial charge in [-0.2, -0.15) is 0 Å². The molecule has 0 heterocycles. The Hall–Kier alpha value is -2.11. The van der Waals surface area contributed by atoms with Crippen LogP contribution in [0.2, 0.25) is 0 Å². The highest BCUT2D eigenvalue weighted by Gasteiger charge is 2.29. The lowest BCUT2D eigenvalue weighted by Gasteiger charge is -2.22. The summed E-state index contributed by atoms with van der Waals surface area (Å²) in [6.07, 6.45) is 2.20. The number of fused-ring (bicyclic) bond motifs is 1. The van der Waals surface area contributed by atoms with Crippen molar-refractivity contribution in [2.24, 2.45) is 0 Å². The van der Waals surface area contributed by atoms with E-state index in [1.54, 1.807) is 6.08 Å². The summed E-state index contributed by atoms with van der Waals surface area (Å²) < 4.78 is 0. The fourth-order valence-electron chi connectivity index (χ4n) is 2.33. The number of ketones is 1. The molecule has 1 aromatic rings. The highest BCUT2D eigenvalue weighted by Crippen LogP contribution is 2.42. The van der Waals surface area contributed by atoms with Crippen molar-refractivity contribution < 1.29 is 25.2 Å². The Bertz CT molecular complexity index is 639. The Kier molecular flexibility index (Phi) is 4.16. The maximum atomic E-state index is 11.8. The van der Waals surface area contributed by atoms with Gasteiger partial charge in [0.15, 0.2) is 5.78 Å². The second-order valence-corrected chi connectivity index (χ2v) is 5.32. The number of phenols is 2. The standard InChI is InChI=1S/C16H18O5/c1-8(2)3-4-10(17)9-7-13(20)14-11(18)5-6-12(19)15(14)16(9)21/h3,5-7,10,12,17,19-21H,4H2,1-2H3/t10-,12?/m1/s1. The smallest absolute Gasteiger partial charge is 0.189 e. The molecule has 0 aliphatic heterocycles. The average Bonchev–Trinajstić information content (AvgIpc) is 2.42. The van der Waals surface area contributed by atoms with E-state index in [1.165, 1.54) is 12.1 Å². The molecule has 0 spiro atoms. The van der Waals surface area contributed by atoms with Gasteiger partial charge in [-0.05, 0) is 38.5 Å². The number of carbonyl (C=O) groups excluding carboxylic acids is 1. The third-order valence-electron chi connectivity index (χ3n) is 3.43. The Morgan fingerprint density at radius 2 is 2.05 bits per heavy atom. The minimum atomic E-state index is -1.20. The van der Waals surface area contributed by atoms with Crippen LogP contribution >= 0.6 is 0 Å². The number of hydrogen-bond donors (Lipinski definition) is 4. The van der Waals surface area contributed by atoms with Gasteiger partial charge in [-0.15, -0.1) is 0 Å². The van der Waals surface area contributed by atoms with E-state index in [0.29, 0.717) is 0 Å². The maximum absolute atomic E-state index is 11.8. The van der Waals surface area contributed by atoms with Crippen LogP contribution < -0.4 is 0 Å². The van der Waals surface area contributed by atoms with E-state index in [-0.39, 0.29) is 34.6 Å². The van der Waals surface area contributed by atoms with Crippen LogP contribution in [0.15, 0.2) is 29.9 Å². The number of rotatable bonds is 3. The number of aliphatic hydroxyl groups excluding tert-OH is 2. The molecule has 21 heavy (non-hydrogen) atoms. The molecule has 0 radical (unpaired) electrons. The molecular weight excluding hydrogens is 272 g/mol. The fraction of sp³-hybridized carbons (Fsp3) is 0.312. The van der Waals surface area contributed by atoms with Crippen LogP contribution in [-0.2, 0) is 0 Å². The predicted molar refractivity (Wildman–Crippen MR) is 77.2 cm³/mol. The van der Waals surface area contributed by atoms with Crippen LogP contribution in [0.5, 0.6) is 11.5 Å². The summed E-state index contributed by atoms with van der Waals surface area (Å²) >= 11 is 0. The highest BCUT2D eigenvalue weighted by atomic mass is 16.3. The molecular formula is C16H18O5. The monoisotopic (exact) mass is 290 g/mol. The topological polar surface area (TPSA) is 98.0 Å². The van der Waals surface area contributed by atoms with Gasteiger partial charge in [0.25, 0.3) is 0 Å². The molecule has 2 atom stereocenters. The van der Waals surface area contributed by atoms with Gasteiger partial charge in [0, 0.05) is 11.1 Å². The van der Waals surface area contributed by atoms with E-state index in [4.69, 9.17) is 0 Å². The molecule has 4 N–H and O–H groups in total. The number of allylic oxidation sites excluding steroid dienone is 2. The molecule has 0 fully saturated rings. The first-order valence-electron chi connectivity index (χ1n) is 6.63. The number of phenolic OH excluding ortho intramolecular Hbond substituents is 2. The second kappa shape index (κ2) is 5.71. The largest absolute Gasteiger partial charge is 0.507 e. The quantitative estimate of drug-likeness (QED) is 0.505. The van der Waals surface area contributed by atoms with Gasteiger partial charge in [0.05, 0.1) is 11.7 Å². The fourth-order valence-corrected chi connectivity index (χ4v) is 2.33. The molecule has 0 bridgehead atoms. The lowest BCUT2D eigenvalue weighted by atomic mass is 9.88. The summed E-state index contributed by atoms with van der Waals surface area (Å²) in [6.45, 7) is 3.76. The Balaban J connectivity index is 2.52. The molecule has 0 saturated carbocycles. The number of benzene rings is 1. The van der Waals surface area contributed by atoms with Crippen molar-refractivity contribution in [3.8, 4) is 11.5 Å². The van der Waals surface area contributed by atoms with Crippen LogP contribution in [0, 0.1) is 0 Å². The van der Waals surface area contributed by atoms with Gasteiger partial charge in [0.1, 0.15) is 17.6 Å². The number of aliphatic hydroxyl groups is 2. The minimum Gasteiger partial charge on any atom is -0.507 e. The number of hydrogen-bond acceptors (Lipinski definition) is 5. The van der Waals surface area contributed by atoms with Crippen LogP contribution in [0.25, 0.3) is 0 Å². The summed E-state index contributed by atoms with van der Waals surface area (Å²) in [5.41, 5.74) is 0.911. The SMILES string of the molecule is CC(C)=CC[C@@H](O)c1cc(O)c2c(c1O)C(O)C=CC2=O. The number of carbonyl (C=O) groups is 1. The zero-order valence-electron chi connectivity index (χ0n) is 11.9. The zero-order chi connectivity index (χ0) is 15.7. The maximum Gasteiger partial charge on any atom is 0.189 e. The van der Waals surface area contributed by atoms with Crippen LogP contribution in [0.1, 0.15) is 54.0 Å². The summed E-state index contributed by atoms with van der Waals surface area (Å²) in [5, 5.41) is 40.3. The molecule has 5 heteroatoms. The van der Waals surface area contributed by atoms with Crippen LogP contribution in [0.4, 0.5) is 0 Å². The van der Waals surface area contributed by atoms with Crippen molar-refractivity contribution in [1.82, 2.24) is 0 Å². The first kappa shape index (κ1) is 15.3. The first-order valence-corrected chi connectivity index (χ1v) is 6.63. The summed E-state index contributed by atoms with van der Waals surface area (Å²) in [4.78, 5) is 11.8. The molecule has 1 aromatic carbocycles. The Morgan fingerprint density at radius 3 is 2.67 bits per heavy atom. The van der Waals surface area contributed by atoms with Crippen molar-refractivity contribution in [2.45, 2.75) is 32.5 Å². The molecule has 1 unspecified atom stereocenters. The summed E-state index contributed by atoms with van der Waals surface area (Å²) in [6, 6.07) is 1.17. The van der Waals surface area contributed by atoms with E-state index >= 15 is 0 Å². The van der Waals surface area contributed by atoms with Gasteiger partial charge < -0.3 is 20.4 Å². The molecule has 0 saturated heterocycles. The van der Waals surface area contributed by atoms with Gasteiger partial charge in [-0.3, -0.25) is 4.79 Å². The molecule has 2 rings (SSSR count). The van der Waals surface area contributed by atoms with E-state index in [1.807, 2.05) is 13.8 Å². The highest BCUT2D eigenvalue weighted by molar-refractivity contribution is 6.09. The Labute approximate surface area is 122 Å². The normalized spacial score (nSPS) is 18.3. The van der Waals surface area contributed by atoms with E-state index in [2.05, 4.69) is 0 Å². The summed E-state index contributed by atoms with van der Waals surface area (Å²) in [7, 11) is 0. The third kappa shape index (κ3) is 2.84. The van der Waals surface area contributed by atoms with Gasteiger partial charge in [0.2, 0.25) is 0 Å². The Morgan fingerprint density at radius 1 is 1.38 bits per heavy atom. The van der Waals surface area contributed by atoms with Crippen molar-refractivity contribution >= 4 is 5.78 Å². The van der Waals surface area contributed by atoms with E-state index < -0.39 is 18.0 Å². The predicted octanol–water partition coefficient (Wildman–Crippen LogP) is 2.27. The molecule has 5 nitrogen and oxygen atoms in total. The van der Waals surface area contributed by atoms with E-state index in [9.17, 15) is 25.2 Å². The van der Waals surface area contributed by atoms with Crippen LogP contribution in [0.3, 0.4) is 0 Å². The van der Waals surface area contributed by atoms with Gasteiger partial charge >= 0.3 is 0 Å². The molecule has 0 amide bonds. The van der Waals surface area contributed by atoms with E-state index in [0.717, 1.165) is 11.6 Å². The molecule has 1 aliphatic rings. The lowest BCUT2D eigenvalue weighted by molar-refractivity contribution is 0.102. The third-order valence-corrected chi connectivity index (χ3v) is 3.43. The molecule has 112 valence electrons. The van der Waals surface area contributed by atoms with Gasteiger partial charge in [-0.25, -0.2) is 0 Å². The van der Waals surface area contributed by atoms with Crippen LogP contribution in [-0.4, -0.2) is 26.2 Å². The van der Waals surface area contributed by atoms with Gasteiger partial charge in [-0.1, -0.05) is 11.6 Å².